The molecule has 0 heterocycles. The summed E-state index contributed by atoms with van der Waals surface area (Å²) in [6.07, 6.45) is 12.2. The van der Waals surface area contributed by atoms with E-state index in [4.69, 9.17) is 5.11 Å². The van der Waals surface area contributed by atoms with E-state index in [1.165, 1.54) is 31.2 Å². The first kappa shape index (κ1) is 19.2. The minimum atomic E-state index is -0.754. The summed E-state index contributed by atoms with van der Waals surface area (Å²) < 4.78 is 0. The zero-order chi connectivity index (χ0) is 18.5. The van der Waals surface area contributed by atoms with Gasteiger partial charge in [-0.1, -0.05) is 56.2 Å². The lowest BCUT2D eigenvalue weighted by molar-refractivity contribution is -0.136. The molecule has 0 spiro atoms. The number of aryl methyl sites for hydroxylation is 1. The lowest BCUT2D eigenvalue weighted by Gasteiger charge is -2.19. The van der Waals surface area contributed by atoms with Crippen LogP contribution < -0.4 is 0 Å². The number of rotatable bonds is 10. The van der Waals surface area contributed by atoms with Gasteiger partial charge in [-0.3, -0.25) is 4.79 Å². The summed E-state index contributed by atoms with van der Waals surface area (Å²) in [5.41, 5.74) is 2.31. The number of carbonyl (C=O) groups is 1. The van der Waals surface area contributed by atoms with Crippen molar-refractivity contribution in [2.75, 3.05) is 0 Å². The molecule has 1 aromatic carbocycles. The summed E-state index contributed by atoms with van der Waals surface area (Å²) in [7, 11) is 0. The molecular weight excluding hydrogens is 324 g/mol. The molecule has 3 nitrogen and oxygen atoms in total. The second kappa shape index (κ2) is 8.85. The Hall–Kier alpha value is -1.61. The molecule has 0 radical (unpaired) electrons. The van der Waals surface area contributed by atoms with Crippen molar-refractivity contribution in [3.8, 4) is 0 Å². The van der Waals surface area contributed by atoms with Crippen LogP contribution in [-0.2, 0) is 17.6 Å². The third-order valence-electron chi connectivity index (χ3n) is 6.22. The summed E-state index contributed by atoms with van der Waals surface area (Å²) in [4.78, 5) is 10.8. The highest BCUT2D eigenvalue weighted by molar-refractivity contribution is 5.67. The number of benzene rings is 1. The first-order valence-electron chi connectivity index (χ1n) is 10.2. The Kier molecular flexibility index (Phi) is 6.53. The fourth-order valence-corrected chi connectivity index (χ4v) is 4.80. The summed E-state index contributed by atoms with van der Waals surface area (Å²) >= 11 is 0. The van der Waals surface area contributed by atoms with Gasteiger partial charge in [0.2, 0.25) is 0 Å². The third-order valence-corrected chi connectivity index (χ3v) is 6.22. The zero-order valence-corrected chi connectivity index (χ0v) is 15.8. The van der Waals surface area contributed by atoms with Crippen LogP contribution >= 0.6 is 0 Å². The Labute approximate surface area is 157 Å². The first-order valence-corrected chi connectivity index (χ1v) is 10.2. The van der Waals surface area contributed by atoms with Crippen LogP contribution in [0.1, 0.15) is 56.6 Å². The molecule has 3 heteroatoms. The van der Waals surface area contributed by atoms with Crippen LogP contribution in [0.3, 0.4) is 0 Å². The molecule has 0 aliphatic heterocycles. The highest BCUT2D eigenvalue weighted by Gasteiger charge is 2.59. The van der Waals surface area contributed by atoms with Gasteiger partial charge in [-0.25, -0.2) is 0 Å². The summed E-state index contributed by atoms with van der Waals surface area (Å²) in [6, 6.07) is 8.26. The predicted octanol–water partition coefficient (Wildman–Crippen LogP) is 4.63. The average molecular weight is 357 g/mol. The zero-order valence-electron chi connectivity index (χ0n) is 15.8. The largest absolute Gasteiger partial charge is 0.481 e. The molecule has 142 valence electrons. The number of carboxylic acid groups (broad SMARTS) is 1. The maximum Gasteiger partial charge on any atom is 0.303 e. The molecule has 0 saturated heterocycles. The van der Waals surface area contributed by atoms with Crippen LogP contribution in [0.25, 0.3) is 0 Å². The van der Waals surface area contributed by atoms with Crippen molar-refractivity contribution in [1.82, 2.24) is 0 Å². The van der Waals surface area contributed by atoms with E-state index < -0.39 is 5.97 Å². The number of hydrogen-bond acceptors (Lipinski definition) is 2. The maximum atomic E-state index is 10.8. The lowest BCUT2D eigenvalue weighted by atomic mass is 9.89. The molecule has 5 atom stereocenters. The van der Waals surface area contributed by atoms with Crippen LogP contribution in [0.5, 0.6) is 0 Å². The molecule has 2 aliphatic rings. The van der Waals surface area contributed by atoms with E-state index in [-0.39, 0.29) is 12.5 Å². The second-order valence-electron chi connectivity index (χ2n) is 8.13. The molecule has 2 aliphatic carbocycles. The summed E-state index contributed by atoms with van der Waals surface area (Å²) in [5, 5.41) is 19.3. The number of hydrogen-bond donors (Lipinski definition) is 2. The number of aliphatic hydroxyl groups excluding tert-OH is 1. The molecule has 0 aromatic heterocycles. The molecule has 0 bridgehead atoms. The van der Waals surface area contributed by atoms with Gasteiger partial charge in [0.15, 0.2) is 0 Å². The van der Waals surface area contributed by atoms with Gasteiger partial charge in [-0.15, -0.1) is 0 Å². The maximum absolute atomic E-state index is 10.8. The van der Waals surface area contributed by atoms with Crippen LogP contribution in [0.2, 0.25) is 0 Å². The van der Waals surface area contributed by atoms with Gasteiger partial charge in [0.05, 0.1) is 6.10 Å². The Morgan fingerprint density at radius 3 is 2.85 bits per heavy atom. The topological polar surface area (TPSA) is 57.5 Å². The smallest absolute Gasteiger partial charge is 0.303 e. The number of fused-ring (bicyclic) bond motifs is 1. The molecular formula is C23H32O3. The van der Waals surface area contributed by atoms with Crippen molar-refractivity contribution >= 4 is 5.97 Å². The standard InChI is InChI=1S/C23H32O3/c1-2-3-4-5-6-10-18-19-15-21(24)20(23(18)19)14-17-9-7-8-16(13-17)11-12-22(25)26/h6-10,13,18-21,23-24H,2-5,11-12,14-15H2,1H3,(H,25,26)/t18?,19-,20?,21?,23+/m0/s1. The summed E-state index contributed by atoms with van der Waals surface area (Å²) in [5.74, 6) is 1.57. The van der Waals surface area contributed by atoms with Gasteiger partial charge in [0.25, 0.3) is 0 Å². The van der Waals surface area contributed by atoms with E-state index in [2.05, 4.69) is 31.2 Å². The van der Waals surface area contributed by atoms with E-state index in [1.54, 1.807) is 0 Å². The van der Waals surface area contributed by atoms with Gasteiger partial charge in [-0.05, 0) is 66.9 Å². The van der Waals surface area contributed by atoms with Crippen molar-refractivity contribution in [3.63, 3.8) is 0 Å². The van der Waals surface area contributed by atoms with E-state index in [0.717, 1.165) is 18.4 Å². The first-order chi connectivity index (χ1) is 12.6. The number of aliphatic carboxylic acids is 1. The van der Waals surface area contributed by atoms with Crippen molar-refractivity contribution in [2.24, 2.45) is 23.7 Å². The van der Waals surface area contributed by atoms with Crippen LogP contribution in [-0.4, -0.2) is 22.3 Å². The number of carboxylic acids is 1. The molecule has 2 saturated carbocycles. The molecule has 0 amide bonds. The van der Waals surface area contributed by atoms with Gasteiger partial charge in [0, 0.05) is 6.42 Å². The summed E-state index contributed by atoms with van der Waals surface area (Å²) in [6.45, 7) is 2.23. The molecule has 1 aromatic rings. The third kappa shape index (κ3) is 4.76. The number of unbranched alkanes of at least 4 members (excludes halogenated alkanes) is 3. The normalized spacial score (nSPS) is 29.8. The average Bonchev–Trinajstić information content (AvgIpc) is 3.18. The highest BCUT2D eigenvalue weighted by atomic mass is 16.4. The monoisotopic (exact) mass is 356 g/mol. The van der Waals surface area contributed by atoms with Crippen molar-refractivity contribution in [2.45, 2.75) is 64.4 Å². The Morgan fingerprint density at radius 2 is 2.08 bits per heavy atom. The molecule has 26 heavy (non-hydrogen) atoms. The Morgan fingerprint density at radius 1 is 1.27 bits per heavy atom. The van der Waals surface area contributed by atoms with Crippen molar-refractivity contribution in [3.05, 3.63) is 47.5 Å². The van der Waals surface area contributed by atoms with Crippen molar-refractivity contribution in [1.29, 1.82) is 0 Å². The minimum absolute atomic E-state index is 0.172. The fourth-order valence-electron chi connectivity index (χ4n) is 4.80. The molecule has 2 N–H and O–H groups in total. The molecule has 3 rings (SSSR count). The lowest BCUT2D eigenvalue weighted by Crippen LogP contribution is -2.21. The minimum Gasteiger partial charge on any atom is -0.481 e. The number of allylic oxidation sites excluding steroid dienone is 2. The van der Waals surface area contributed by atoms with Gasteiger partial charge in [0.1, 0.15) is 0 Å². The van der Waals surface area contributed by atoms with Gasteiger partial charge < -0.3 is 10.2 Å². The highest BCUT2D eigenvalue weighted by Crippen LogP contribution is 2.61. The van der Waals surface area contributed by atoms with Gasteiger partial charge >= 0.3 is 5.97 Å². The van der Waals surface area contributed by atoms with E-state index in [0.29, 0.717) is 30.1 Å². The van der Waals surface area contributed by atoms with E-state index in [1.807, 2.05) is 12.1 Å². The Balaban J connectivity index is 1.54. The van der Waals surface area contributed by atoms with Gasteiger partial charge in [-0.2, -0.15) is 0 Å². The van der Waals surface area contributed by atoms with E-state index in [9.17, 15) is 9.90 Å². The van der Waals surface area contributed by atoms with Crippen LogP contribution in [0, 0.1) is 23.7 Å². The van der Waals surface area contributed by atoms with E-state index >= 15 is 0 Å². The Bertz CT molecular complexity index is 636. The fraction of sp³-hybridized carbons (Fsp3) is 0.609. The SMILES string of the molecule is CCCCCC=CC1[C@H]2C(Cc3cccc(CCC(=O)O)c3)C(O)C[C@@H]12. The molecule has 3 unspecified atom stereocenters. The predicted molar refractivity (Wildman–Crippen MR) is 104 cm³/mol. The molecule has 2 fully saturated rings. The van der Waals surface area contributed by atoms with Crippen LogP contribution in [0.4, 0.5) is 0 Å². The number of aliphatic hydroxyl groups is 1. The van der Waals surface area contributed by atoms with Crippen molar-refractivity contribution < 1.29 is 15.0 Å². The quantitative estimate of drug-likeness (QED) is 0.475. The second-order valence-corrected chi connectivity index (χ2v) is 8.13. The van der Waals surface area contributed by atoms with Crippen LogP contribution in [0.15, 0.2) is 36.4 Å².